The fourth-order valence-electron chi connectivity index (χ4n) is 1.90. The van der Waals surface area contributed by atoms with E-state index in [2.05, 4.69) is 10.1 Å². The van der Waals surface area contributed by atoms with Crippen molar-refractivity contribution in [3.63, 3.8) is 0 Å². The number of hydrogen-bond donors (Lipinski definition) is 0. The zero-order chi connectivity index (χ0) is 15.4. The normalized spacial score (nSPS) is 12.0. The standard InChI is InChI=1S/C15H13N3O2S2/c1-20-14(19)13(11-7-8-21-9-11)22-15-16-10-18(17-15)12-5-3-2-4-6-12/h2-10,13H,1H3/t13-/m1/s1. The molecular weight excluding hydrogens is 318 g/mol. The van der Waals surface area contributed by atoms with E-state index < -0.39 is 5.25 Å². The molecule has 7 heteroatoms. The fourth-order valence-corrected chi connectivity index (χ4v) is 3.60. The summed E-state index contributed by atoms with van der Waals surface area (Å²) in [4.78, 5) is 16.3. The maximum absolute atomic E-state index is 12.0. The second kappa shape index (κ2) is 6.76. The van der Waals surface area contributed by atoms with Crippen LogP contribution < -0.4 is 0 Å². The van der Waals surface area contributed by atoms with Crippen LogP contribution in [0.4, 0.5) is 0 Å². The number of para-hydroxylation sites is 1. The van der Waals surface area contributed by atoms with Gasteiger partial charge >= 0.3 is 5.97 Å². The van der Waals surface area contributed by atoms with Crippen molar-refractivity contribution < 1.29 is 9.53 Å². The summed E-state index contributed by atoms with van der Waals surface area (Å²) >= 11 is 2.83. The number of thioether (sulfide) groups is 1. The molecule has 0 aliphatic carbocycles. The molecule has 2 heterocycles. The molecule has 0 aliphatic rings. The van der Waals surface area contributed by atoms with Crippen LogP contribution in [0.2, 0.25) is 0 Å². The van der Waals surface area contributed by atoms with Gasteiger partial charge in [0, 0.05) is 0 Å². The second-order valence-electron chi connectivity index (χ2n) is 4.38. The number of rotatable bonds is 5. The Bertz CT molecular complexity index is 741. The molecule has 0 amide bonds. The molecule has 2 aromatic heterocycles. The predicted octanol–water partition coefficient (Wildman–Crippen LogP) is 3.34. The number of carbonyl (C=O) groups excluding carboxylic acids is 1. The van der Waals surface area contributed by atoms with Crippen molar-refractivity contribution in [3.8, 4) is 5.69 Å². The van der Waals surface area contributed by atoms with Crippen molar-refractivity contribution in [1.29, 1.82) is 0 Å². The number of esters is 1. The first-order valence-electron chi connectivity index (χ1n) is 6.51. The summed E-state index contributed by atoms with van der Waals surface area (Å²) in [6.07, 6.45) is 1.64. The van der Waals surface area contributed by atoms with Crippen LogP contribution in [0, 0.1) is 0 Å². The first-order chi connectivity index (χ1) is 10.8. The van der Waals surface area contributed by atoms with E-state index in [1.54, 1.807) is 22.3 Å². The van der Waals surface area contributed by atoms with E-state index in [-0.39, 0.29) is 5.97 Å². The molecular formula is C15H13N3O2S2. The molecule has 0 saturated carbocycles. The highest BCUT2D eigenvalue weighted by atomic mass is 32.2. The van der Waals surface area contributed by atoms with Crippen molar-refractivity contribution in [1.82, 2.24) is 14.8 Å². The van der Waals surface area contributed by atoms with Gasteiger partial charge in [-0.25, -0.2) is 9.67 Å². The number of ether oxygens (including phenoxy) is 1. The van der Waals surface area contributed by atoms with Crippen LogP contribution in [0.3, 0.4) is 0 Å². The van der Waals surface area contributed by atoms with Gasteiger partial charge in [-0.3, -0.25) is 4.79 Å². The van der Waals surface area contributed by atoms with Gasteiger partial charge in [-0.1, -0.05) is 30.0 Å². The lowest BCUT2D eigenvalue weighted by Gasteiger charge is -2.10. The van der Waals surface area contributed by atoms with Crippen LogP contribution in [0.5, 0.6) is 0 Å². The lowest BCUT2D eigenvalue weighted by molar-refractivity contribution is -0.140. The third kappa shape index (κ3) is 3.20. The first-order valence-corrected chi connectivity index (χ1v) is 8.34. The number of aromatic nitrogens is 3. The van der Waals surface area contributed by atoms with Gasteiger partial charge in [-0.2, -0.15) is 11.3 Å². The minimum absolute atomic E-state index is 0.306. The van der Waals surface area contributed by atoms with Crippen molar-refractivity contribution >= 4 is 29.1 Å². The Morgan fingerprint density at radius 3 is 2.82 bits per heavy atom. The Labute approximate surface area is 136 Å². The van der Waals surface area contributed by atoms with Crippen molar-refractivity contribution in [2.45, 2.75) is 10.4 Å². The molecule has 1 aromatic carbocycles. The molecule has 0 N–H and O–H groups in total. The number of thiophene rings is 1. The largest absolute Gasteiger partial charge is 0.468 e. The highest BCUT2D eigenvalue weighted by molar-refractivity contribution is 8.00. The number of nitrogens with zero attached hydrogens (tertiary/aromatic N) is 3. The maximum atomic E-state index is 12.0. The Morgan fingerprint density at radius 2 is 2.14 bits per heavy atom. The SMILES string of the molecule is COC(=O)[C@H](Sc1ncn(-c2ccccc2)n1)c1ccsc1. The topological polar surface area (TPSA) is 57.0 Å². The summed E-state index contributed by atoms with van der Waals surface area (Å²) in [5.74, 6) is -0.306. The number of benzene rings is 1. The molecule has 3 rings (SSSR count). The monoisotopic (exact) mass is 331 g/mol. The summed E-state index contributed by atoms with van der Waals surface area (Å²) in [6, 6.07) is 11.6. The molecule has 0 saturated heterocycles. The summed E-state index contributed by atoms with van der Waals surface area (Å²) in [7, 11) is 1.39. The zero-order valence-corrected chi connectivity index (χ0v) is 13.4. The van der Waals surface area contributed by atoms with Gasteiger partial charge in [-0.05, 0) is 34.5 Å². The molecule has 0 unspecified atom stereocenters. The van der Waals surface area contributed by atoms with Crippen LogP contribution >= 0.6 is 23.1 Å². The molecule has 22 heavy (non-hydrogen) atoms. The molecule has 0 spiro atoms. The Hall–Kier alpha value is -2.12. The minimum Gasteiger partial charge on any atom is -0.468 e. The number of carbonyl (C=O) groups is 1. The van der Waals surface area contributed by atoms with Gasteiger partial charge in [0.25, 0.3) is 0 Å². The van der Waals surface area contributed by atoms with Crippen LogP contribution in [-0.2, 0) is 9.53 Å². The van der Waals surface area contributed by atoms with Crippen molar-refractivity contribution in [2.75, 3.05) is 7.11 Å². The van der Waals surface area contributed by atoms with Gasteiger partial charge in [-0.15, -0.1) is 5.10 Å². The van der Waals surface area contributed by atoms with E-state index in [4.69, 9.17) is 4.74 Å². The Balaban J connectivity index is 1.82. The van der Waals surface area contributed by atoms with Crippen molar-refractivity contribution in [2.24, 2.45) is 0 Å². The lowest BCUT2D eigenvalue weighted by Crippen LogP contribution is -2.10. The smallest absolute Gasteiger partial charge is 0.323 e. The van der Waals surface area contributed by atoms with Crippen LogP contribution in [0.1, 0.15) is 10.8 Å². The van der Waals surface area contributed by atoms with E-state index in [1.165, 1.54) is 18.9 Å². The summed E-state index contributed by atoms with van der Waals surface area (Å²) < 4.78 is 6.57. The lowest BCUT2D eigenvalue weighted by atomic mass is 10.2. The van der Waals surface area contributed by atoms with Crippen LogP contribution in [0.25, 0.3) is 5.69 Å². The van der Waals surface area contributed by atoms with Crippen LogP contribution in [-0.4, -0.2) is 27.8 Å². The average molecular weight is 331 g/mol. The van der Waals surface area contributed by atoms with Gasteiger partial charge in [0.1, 0.15) is 11.6 Å². The summed E-state index contributed by atoms with van der Waals surface area (Å²) in [5.41, 5.74) is 1.82. The molecule has 0 aliphatic heterocycles. The van der Waals surface area contributed by atoms with Gasteiger partial charge in [0.2, 0.25) is 5.16 Å². The van der Waals surface area contributed by atoms with E-state index in [9.17, 15) is 4.79 Å². The Kier molecular flexibility index (Phi) is 4.55. The molecule has 112 valence electrons. The second-order valence-corrected chi connectivity index (χ2v) is 6.24. The average Bonchev–Trinajstić information content (AvgIpc) is 3.24. The third-order valence-corrected chi connectivity index (χ3v) is 4.78. The van der Waals surface area contributed by atoms with E-state index >= 15 is 0 Å². The first kappa shape index (κ1) is 14.8. The fraction of sp³-hybridized carbons (Fsp3) is 0.133. The van der Waals surface area contributed by atoms with Gasteiger partial charge in [0.05, 0.1) is 12.8 Å². The third-order valence-electron chi connectivity index (χ3n) is 2.98. The number of hydrogen-bond acceptors (Lipinski definition) is 6. The molecule has 1 atom stereocenters. The highest BCUT2D eigenvalue weighted by Crippen LogP contribution is 2.35. The summed E-state index contributed by atoms with van der Waals surface area (Å²) in [5, 5.41) is 8.35. The van der Waals surface area contributed by atoms with Crippen LogP contribution in [0.15, 0.2) is 58.6 Å². The van der Waals surface area contributed by atoms with E-state index in [0.29, 0.717) is 5.16 Å². The zero-order valence-electron chi connectivity index (χ0n) is 11.7. The van der Waals surface area contributed by atoms with Gasteiger partial charge < -0.3 is 4.74 Å². The quantitative estimate of drug-likeness (QED) is 0.530. The van der Waals surface area contributed by atoms with Crippen molar-refractivity contribution in [3.05, 3.63) is 59.0 Å². The molecule has 5 nitrogen and oxygen atoms in total. The molecule has 0 radical (unpaired) electrons. The number of methoxy groups -OCH3 is 1. The molecule has 0 fully saturated rings. The molecule has 0 bridgehead atoms. The summed E-state index contributed by atoms with van der Waals surface area (Å²) in [6.45, 7) is 0. The van der Waals surface area contributed by atoms with E-state index in [0.717, 1.165) is 11.3 Å². The van der Waals surface area contributed by atoms with Gasteiger partial charge in [0.15, 0.2) is 0 Å². The predicted molar refractivity (Wildman–Crippen MR) is 86.3 cm³/mol. The van der Waals surface area contributed by atoms with E-state index in [1.807, 2.05) is 47.2 Å². The minimum atomic E-state index is -0.456. The Morgan fingerprint density at radius 1 is 1.32 bits per heavy atom. The maximum Gasteiger partial charge on any atom is 0.323 e. The highest BCUT2D eigenvalue weighted by Gasteiger charge is 2.25. The molecule has 3 aromatic rings.